The van der Waals surface area contributed by atoms with Gasteiger partial charge in [-0.1, -0.05) is 49.0 Å². The minimum atomic E-state index is -0.814. The van der Waals surface area contributed by atoms with Gasteiger partial charge in [-0.3, -0.25) is 10.1 Å². The fraction of sp³-hybridized carbons (Fsp3) is 0.786. The summed E-state index contributed by atoms with van der Waals surface area (Å²) in [6.45, 7) is 3.72. The standard InChI is InChI=1S/C7H13BrN2O2.C7H12O/c1-3-7(8,4-2)5(11)10-6(9)12;8-6-7-4-2-1-3-5-7/h3-4H2,1-2H3,(H3,9,10,11,12);6-7H,1-5H2. The molecule has 1 fully saturated rings. The van der Waals surface area contributed by atoms with Crippen molar-refractivity contribution in [3.8, 4) is 0 Å². The molecule has 0 radical (unpaired) electrons. The number of aldehydes is 1. The quantitative estimate of drug-likeness (QED) is 0.604. The maximum absolute atomic E-state index is 11.3. The van der Waals surface area contributed by atoms with Gasteiger partial charge in [0.25, 0.3) is 0 Å². The summed E-state index contributed by atoms with van der Waals surface area (Å²) in [5, 5.41) is 2.04. The number of hydrogen-bond acceptors (Lipinski definition) is 3. The Kier molecular flexibility index (Phi) is 9.46. The molecular formula is C14H25BrN2O3. The Morgan fingerprint density at radius 1 is 1.25 bits per heavy atom. The SMILES string of the molecule is CCC(Br)(CC)C(=O)NC(N)=O.O=CC1CCCCC1. The number of nitrogens with one attached hydrogen (secondary N) is 1. The topological polar surface area (TPSA) is 89.3 Å². The average Bonchev–Trinajstić information content (AvgIpc) is 2.47. The van der Waals surface area contributed by atoms with E-state index in [9.17, 15) is 14.4 Å². The molecule has 0 aliphatic heterocycles. The minimum Gasteiger partial charge on any atom is -0.351 e. The molecule has 0 aromatic carbocycles. The van der Waals surface area contributed by atoms with Crippen LogP contribution in [0.4, 0.5) is 4.79 Å². The van der Waals surface area contributed by atoms with Crippen molar-refractivity contribution in [2.75, 3.05) is 0 Å². The number of nitrogens with two attached hydrogens (primary N) is 1. The van der Waals surface area contributed by atoms with E-state index in [1.54, 1.807) is 0 Å². The normalized spacial score (nSPS) is 15.8. The summed E-state index contributed by atoms with van der Waals surface area (Å²) in [5.74, 6) is 0.0313. The largest absolute Gasteiger partial charge is 0.351 e. The third-order valence-corrected chi connectivity index (χ3v) is 5.09. The molecule has 0 atom stereocenters. The molecule has 5 nitrogen and oxygen atoms in total. The van der Waals surface area contributed by atoms with Crippen LogP contribution in [0.3, 0.4) is 0 Å². The van der Waals surface area contributed by atoms with Gasteiger partial charge in [-0.25, -0.2) is 4.79 Å². The highest BCUT2D eigenvalue weighted by atomic mass is 79.9. The van der Waals surface area contributed by atoms with Gasteiger partial charge in [0.05, 0.1) is 0 Å². The van der Waals surface area contributed by atoms with E-state index in [1.807, 2.05) is 19.2 Å². The van der Waals surface area contributed by atoms with Crippen LogP contribution in [0.25, 0.3) is 0 Å². The summed E-state index contributed by atoms with van der Waals surface area (Å²) in [6, 6.07) is -0.814. The fourth-order valence-corrected chi connectivity index (χ4v) is 2.16. The van der Waals surface area contributed by atoms with Crippen molar-refractivity contribution < 1.29 is 14.4 Å². The van der Waals surface area contributed by atoms with Crippen LogP contribution >= 0.6 is 15.9 Å². The number of carbonyl (C=O) groups excluding carboxylic acids is 3. The molecule has 1 rings (SSSR count). The molecule has 1 aliphatic rings. The van der Waals surface area contributed by atoms with Gasteiger partial charge in [0.15, 0.2) is 0 Å². The molecule has 3 amide bonds. The lowest BCUT2D eigenvalue weighted by Crippen LogP contribution is -2.46. The molecule has 1 saturated carbocycles. The summed E-state index contributed by atoms with van der Waals surface area (Å²) in [4.78, 5) is 31.8. The van der Waals surface area contributed by atoms with E-state index < -0.39 is 10.4 Å². The number of amides is 3. The molecule has 0 aromatic heterocycles. The third kappa shape index (κ3) is 7.03. The van der Waals surface area contributed by atoms with Crippen LogP contribution in [0.2, 0.25) is 0 Å². The first-order valence-corrected chi connectivity index (χ1v) is 7.94. The van der Waals surface area contributed by atoms with E-state index >= 15 is 0 Å². The minimum absolute atomic E-state index is 0.375. The molecule has 20 heavy (non-hydrogen) atoms. The van der Waals surface area contributed by atoms with Gasteiger partial charge in [-0.15, -0.1) is 0 Å². The van der Waals surface area contributed by atoms with Crippen LogP contribution in [0.15, 0.2) is 0 Å². The lowest BCUT2D eigenvalue weighted by molar-refractivity contribution is -0.122. The second-order valence-electron chi connectivity index (χ2n) is 5.02. The van der Waals surface area contributed by atoms with Gasteiger partial charge in [-0.05, 0) is 25.7 Å². The number of rotatable bonds is 4. The van der Waals surface area contributed by atoms with E-state index in [4.69, 9.17) is 5.73 Å². The fourth-order valence-electron chi connectivity index (χ4n) is 2.07. The number of carbonyl (C=O) groups is 3. The summed E-state index contributed by atoms with van der Waals surface area (Å²) in [6.07, 6.45) is 8.49. The van der Waals surface area contributed by atoms with Crippen molar-refractivity contribution in [2.24, 2.45) is 11.7 Å². The van der Waals surface area contributed by atoms with Gasteiger partial charge in [-0.2, -0.15) is 0 Å². The van der Waals surface area contributed by atoms with Crippen LogP contribution in [0.5, 0.6) is 0 Å². The Labute approximate surface area is 129 Å². The molecule has 0 bridgehead atoms. The van der Waals surface area contributed by atoms with E-state index in [-0.39, 0.29) is 5.91 Å². The molecule has 0 saturated heterocycles. The van der Waals surface area contributed by atoms with Crippen LogP contribution in [-0.2, 0) is 9.59 Å². The van der Waals surface area contributed by atoms with Gasteiger partial charge < -0.3 is 10.5 Å². The highest BCUT2D eigenvalue weighted by molar-refractivity contribution is 9.10. The van der Waals surface area contributed by atoms with Gasteiger partial charge in [0, 0.05) is 5.92 Å². The summed E-state index contributed by atoms with van der Waals surface area (Å²) >= 11 is 3.26. The Balaban J connectivity index is 0.000000388. The lowest BCUT2D eigenvalue weighted by atomic mass is 9.91. The average molecular weight is 349 g/mol. The molecule has 0 heterocycles. The zero-order chi connectivity index (χ0) is 15.6. The molecule has 0 aromatic rings. The molecular weight excluding hydrogens is 324 g/mol. The van der Waals surface area contributed by atoms with Crippen molar-refractivity contribution in [3.05, 3.63) is 0 Å². The summed E-state index contributed by atoms with van der Waals surface area (Å²) in [5.41, 5.74) is 4.81. The number of urea groups is 1. The molecule has 1 aliphatic carbocycles. The van der Waals surface area contributed by atoms with Gasteiger partial charge in [0.1, 0.15) is 10.6 Å². The number of hydrogen-bond donors (Lipinski definition) is 2. The van der Waals surface area contributed by atoms with E-state index in [0.717, 1.165) is 19.1 Å². The first-order valence-electron chi connectivity index (χ1n) is 7.14. The predicted octanol–water partition coefficient (Wildman–Crippen LogP) is 2.90. The first kappa shape index (κ1) is 19.1. The van der Waals surface area contributed by atoms with E-state index in [1.165, 1.54) is 19.3 Å². The predicted molar refractivity (Wildman–Crippen MR) is 82.6 cm³/mol. The molecule has 3 N–H and O–H groups in total. The van der Waals surface area contributed by atoms with Gasteiger partial charge >= 0.3 is 6.03 Å². The van der Waals surface area contributed by atoms with Crippen molar-refractivity contribution in [1.29, 1.82) is 0 Å². The van der Waals surface area contributed by atoms with Crippen LogP contribution in [0, 0.1) is 5.92 Å². The van der Waals surface area contributed by atoms with Crippen molar-refractivity contribution >= 4 is 34.2 Å². The Bertz CT molecular complexity index is 324. The maximum Gasteiger partial charge on any atom is 0.318 e. The number of halogens is 1. The Morgan fingerprint density at radius 3 is 2.05 bits per heavy atom. The number of alkyl halides is 1. The van der Waals surface area contributed by atoms with Crippen LogP contribution in [-0.4, -0.2) is 22.5 Å². The zero-order valence-electron chi connectivity index (χ0n) is 12.3. The Hall–Kier alpha value is -0.910. The molecule has 6 heteroatoms. The van der Waals surface area contributed by atoms with Gasteiger partial charge in [0.2, 0.25) is 5.91 Å². The smallest absolute Gasteiger partial charge is 0.318 e. The Morgan fingerprint density at radius 2 is 1.75 bits per heavy atom. The lowest BCUT2D eigenvalue weighted by Gasteiger charge is -2.21. The molecule has 0 spiro atoms. The zero-order valence-corrected chi connectivity index (χ0v) is 13.9. The highest BCUT2D eigenvalue weighted by Crippen LogP contribution is 2.26. The molecule has 0 unspecified atom stereocenters. The van der Waals surface area contributed by atoms with Crippen molar-refractivity contribution in [1.82, 2.24) is 5.32 Å². The first-order chi connectivity index (χ1) is 9.39. The number of primary amides is 1. The summed E-state index contributed by atoms with van der Waals surface area (Å²) < 4.78 is -0.665. The van der Waals surface area contributed by atoms with E-state index in [2.05, 4.69) is 15.9 Å². The maximum atomic E-state index is 11.3. The monoisotopic (exact) mass is 348 g/mol. The van der Waals surface area contributed by atoms with Crippen LogP contribution in [0.1, 0.15) is 58.8 Å². The van der Waals surface area contributed by atoms with Crippen LogP contribution < -0.4 is 11.1 Å². The number of imide groups is 1. The highest BCUT2D eigenvalue weighted by Gasteiger charge is 2.32. The van der Waals surface area contributed by atoms with Crippen molar-refractivity contribution in [2.45, 2.75) is 63.1 Å². The van der Waals surface area contributed by atoms with Crippen molar-refractivity contribution in [3.63, 3.8) is 0 Å². The third-order valence-electron chi connectivity index (χ3n) is 3.61. The summed E-state index contributed by atoms with van der Waals surface area (Å²) in [7, 11) is 0. The second kappa shape index (κ2) is 9.91. The second-order valence-corrected chi connectivity index (χ2v) is 6.54. The molecule has 116 valence electrons. The van der Waals surface area contributed by atoms with E-state index in [0.29, 0.717) is 18.8 Å².